The molecule has 3 heteroatoms. The van der Waals surface area contributed by atoms with Gasteiger partial charge >= 0.3 is 0 Å². The van der Waals surface area contributed by atoms with Crippen LogP contribution in [0, 0.1) is 11.3 Å². The molecule has 0 aliphatic heterocycles. The molecule has 0 fully saturated rings. The number of carbonyl (C=O) groups is 1. The van der Waals surface area contributed by atoms with E-state index in [1.807, 2.05) is 13.8 Å². The summed E-state index contributed by atoms with van der Waals surface area (Å²) in [5.74, 6) is 0.204. The highest BCUT2D eigenvalue weighted by Gasteiger charge is 2.19. The van der Waals surface area contributed by atoms with Crippen molar-refractivity contribution in [3.63, 3.8) is 0 Å². The molecule has 0 amide bonds. The van der Waals surface area contributed by atoms with Gasteiger partial charge in [0.25, 0.3) is 0 Å². The van der Waals surface area contributed by atoms with Crippen LogP contribution >= 0.6 is 0 Å². The third-order valence-electron chi connectivity index (χ3n) is 2.55. The number of aldehydes is 1. The zero-order valence-corrected chi connectivity index (χ0v) is 15.2. The van der Waals surface area contributed by atoms with Crippen molar-refractivity contribution in [2.45, 2.75) is 80.4 Å². The molecular formula is C17H37NO2. The first kappa shape index (κ1) is 21.9. The summed E-state index contributed by atoms with van der Waals surface area (Å²) in [5.41, 5.74) is 0.303. The van der Waals surface area contributed by atoms with E-state index >= 15 is 0 Å². The van der Waals surface area contributed by atoms with Crippen molar-refractivity contribution in [1.82, 2.24) is 5.32 Å². The van der Waals surface area contributed by atoms with Crippen molar-refractivity contribution in [1.29, 1.82) is 0 Å². The van der Waals surface area contributed by atoms with Crippen molar-refractivity contribution < 1.29 is 9.53 Å². The van der Waals surface area contributed by atoms with Crippen LogP contribution in [-0.4, -0.2) is 31.1 Å². The lowest BCUT2D eigenvalue weighted by Gasteiger charge is -2.28. The second kappa shape index (κ2) is 10.3. The van der Waals surface area contributed by atoms with E-state index in [2.05, 4.69) is 53.8 Å². The van der Waals surface area contributed by atoms with Gasteiger partial charge in [0.2, 0.25) is 0 Å². The van der Waals surface area contributed by atoms with Crippen molar-refractivity contribution in [3.05, 3.63) is 0 Å². The molecule has 3 nitrogen and oxygen atoms in total. The maximum atomic E-state index is 9.50. The molecule has 0 atom stereocenters. The van der Waals surface area contributed by atoms with Gasteiger partial charge in [0.1, 0.15) is 6.29 Å². The van der Waals surface area contributed by atoms with Crippen molar-refractivity contribution >= 4 is 6.29 Å². The number of hydrogen-bond donors (Lipinski definition) is 1. The molecule has 0 aromatic rings. The van der Waals surface area contributed by atoms with E-state index in [1.165, 1.54) is 0 Å². The third kappa shape index (κ3) is 19.9. The summed E-state index contributed by atoms with van der Waals surface area (Å²) in [6, 6.07) is 0.524. The van der Waals surface area contributed by atoms with Crippen LogP contribution < -0.4 is 5.32 Å². The Balaban J connectivity index is 0. The van der Waals surface area contributed by atoms with E-state index in [-0.39, 0.29) is 11.5 Å². The lowest BCUT2D eigenvalue weighted by atomic mass is 9.93. The first-order valence-corrected chi connectivity index (χ1v) is 7.72. The average molecular weight is 287 g/mol. The lowest BCUT2D eigenvalue weighted by Crippen LogP contribution is -2.41. The monoisotopic (exact) mass is 287 g/mol. The standard InChI is InChI=1S/C13H29NO.C4H8O/c1-11(2)14-10-13(6,7)15-9-8-12(3,4)5;1-4(2)3-5/h11,14H,8-10H2,1-7H3;3-4H,1-2H3. The molecule has 0 unspecified atom stereocenters. The second-order valence-corrected chi connectivity index (χ2v) is 7.83. The topological polar surface area (TPSA) is 38.3 Å². The summed E-state index contributed by atoms with van der Waals surface area (Å²) in [4.78, 5) is 9.50. The highest BCUT2D eigenvalue weighted by molar-refractivity contribution is 5.51. The van der Waals surface area contributed by atoms with Gasteiger partial charge in [0, 0.05) is 25.1 Å². The molecule has 0 heterocycles. The van der Waals surface area contributed by atoms with Crippen LogP contribution in [0.5, 0.6) is 0 Å². The van der Waals surface area contributed by atoms with Crippen LogP contribution in [0.15, 0.2) is 0 Å². The third-order valence-corrected chi connectivity index (χ3v) is 2.55. The normalized spacial score (nSPS) is 12.3. The van der Waals surface area contributed by atoms with Gasteiger partial charge in [0.15, 0.2) is 0 Å². The first-order chi connectivity index (χ1) is 8.89. The number of rotatable bonds is 7. The minimum Gasteiger partial charge on any atom is -0.374 e. The molecule has 0 aromatic carbocycles. The van der Waals surface area contributed by atoms with Crippen molar-refractivity contribution in [3.8, 4) is 0 Å². The van der Waals surface area contributed by atoms with Gasteiger partial charge in [-0.2, -0.15) is 0 Å². The number of nitrogens with one attached hydrogen (secondary N) is 1. The molecule has 0 aliphatic rings. The van der Waals surface area contributed by atoms with E-state index in [4.69, 9.17) is 4.74 Å². The molecule has 0 radical (unpaired) electrons. The Labute approximate surface area is 126 Å². The Morgan fingerprint density at radius 2 is 1.50 bits per heavy atom. The van der Waals surface area contributed by atoms with Crippen LogP contribution in [0.25, 0.3) is 0 Å². The molecule has 122 valence electrons. The minimum atomic E-state index is -0.0600. The highest BCUT2D eigenvalue weighted by atomic mass is 16.5. The molecule has 20 heavy (non-hydrogen) atoms. The van der Waals surface area contributed by atoms with Crippen LogP contribution in [0.4, 0.5) is 0 Å². The molecular weight excluding hydrogens is 250 g/mol. The second-order valence-electron chi connectivity index (χ2n) is 7.83. The van der Waals surface area contributed by atoms with E-state index in [1.54, 1.807) is 0 Å². The SMILES string of the molecule is CC(C)C=O.CC(C)NCC(C)(C)OCCC(C)(C)C. The molecule has 0 saturated carbocycles. The zero-order valence-electron chi connectivity index (χ0n) is 15.2. The van der Waals surface area contributed by atoms with Gasteiger partial charge in [-0.1, -0.05) is 48.5 Å². The maximum absolute atomic E-state index is 9.50. The summed E-state index contributed by atoms with van der Waals surface area (Å²) in [7, 11) is 0. The molecule has 0 spiro atoms. The van der Waals surface area contributed by atoms with Crippen molar-refractivity contribution in [2.24, 2.45) is 11.3 Å². The molecule has 0 bridgehead atoms. The molecule has 0 aliphatic carbocycles. The Hall–Kier alpha value is -0.410. The summed E-state index contributed by atoms with van der Waals surface area (Å²) >= 11 is 0. The van der Waals surface area contributed by atoms with E-state index in [0.717, 1.165) is 25.9 Å². The first-order valence-electron chi connectivity index (χ1n) is 7.72. The van der Waals surface area contributed by atoms with E-state index in [0.29, 0.717) is 11.5 Å². The summed E-state index contributed by atoms with van der Waals surface area (Å²) < 4.78 is 5.89. The summed E-state index contributed by atoms with van der Waals surface area (Å²) in [6.45, 7) is 20.8. The van der Waals surface area contributed by atoms with Gasteiger partial charge in [-0.15, -0.1) is 0 Å². The fourth-order valence-corrected chi connectivity index (χ4v) is 1.13. The van der Waals surface area contributed by atoms with Gasteiger partial charge in [0.05, 0.1) is 5.60 Å². The minimum absolute atomic E-state index is 0.0600. The largest absolute Gasteiger partial charge is 0.374 e. The molecule has 0 aromatic heterocycles. The van der Waals surface area contributed by atoms with Crippen LogP contribution in [0.2, 0.25) is 0 Å². The lowest BCUT2D eigenvalue weighted by molar-refractivity contribution is -0.110. The fourth-order valence-electron chi connectivity index (χ4n) is 1.13. The van der Waals surface area contributed by atoms with E-state index in [9.17, 15) is 4.79 Å². The Morgan fingerprint density at radius 3 is 1.80 bits per heavy atom. The Bertz CT molecular complexity index is 240. The highest BCUT2D eigenvalue weighted by Crippen LogP contribution is 2.20. The fraction of sp³-hybridized carbons (Fsp3) is 0.941. The van der Waals surface area contributed by atoms with Crippen LogP contribution in [0.3, 0.4) is 0 Å². The predicted molar refractivity (Wildman–Crippen MR) is 88.1 cm³/mol. The number of carbonyl (C=O) groups excluding carboxylic acids is 1. The molecule has 0 saturated heterocycles. The Morgan fingerprint density at radius 1 is 1.05 bits per heavy atom. The van der Waals surface area contributed by atoms with E-state index < -0.39 is 0 Å². The summed E-state index contributed by atoms with van der Waals surface area (Å²) in [6.07, 6.45) is 2.03. The number of ether oxygens (including phenoxy) is 1. The van der Waals surface area contributed by atoms with Crippen molar-refractivity contribution in [2.75, 3.05) is 13.2 Å². The quantitative estimate of drug-likeness (QED) is 0.718. The molecule has 0 rings (SSSR count). The maximum Gasteiger partial charge on any atom is 0.122 e. The Kier molecular flexibility index (Phi) is 11.3. The van der Waals surface area contributed by atoms with Gasteiger partial charge in [-0.05, 0) is 25.7 Å². The smallest absolute Gasteiger partial charge is 0.122 e. The molecule has 1 N–H and O–H groups in total. The number of hydrogen-bond acceptors (Lipinski definition) is 3. The average Bonchev–Trinajstić information content (AvgIpc) is 2.25. The van der Waals surface area contributed by atoms with Gasteiger partial charge in [-0.3, -0.25) is 0 Å². The van der Waals surface area contributed by atoms with Crippen LogP contribution in [-0.2, 0) is 9.53 Å². The predicted octanol–water partition coefficient (Wildman–Crippen LogP) is 4.06. The van der Waals surface area contributed by atoms with Gasteiger partial charge in [-0.25, -0.2) is 0 Å². The van der Waals surface area contributed by atoms with Gasteiger partial charge < -0.3 is 14.8 Å². The zero-order chi connectivity index (χ0) is 16.4. The van der Waals surface area contributed by atoms with Crippen LogP contribution in [0.1, 0.15) is 68.7 Å². The summed E-state index contributed by atoms with van der Waals surface area (Å²) in [5, 5.41) is 3.41.